The number of carboxylic acid groups (broad SMARTS) is 1. The minimum atomic E-state index is -1.02. The Bertz CT molecular complexity index is 623. The van der Waals surface area contributed by atoms with Crippen molar-refractivity contribution >= 4 is 11.9 Å². The fraction of sp³-hybridized carbons (Fsp3) is 0.556. The average Bonchev–Trinajstić information content (AvgIpc) is 2.49. The molecule has 5 heteroatoms. The van der Waals surface area contributed by atoms with Crippen LogP contribution in [0.5, 0.6) is 0 Å². The zero-order valence-corrected chi connectivity index (χ0v) is 14.4. The number of hydrogen-bond acceptors (Lipinski definition) is 3. The van der Waals surface area contributed by atoms with Crippen molar-refractivity contribution in [2.75, 3.05) is 13.7 Å². The summed E-state index contributed by atoms with van der Waals surface area (Å²) in [7, 11) is 1.78. The van der Waals surface area contributed by atoms with Crippen molar-refractivity contribution in [3.8, 4) is 0 Å². The summed E-state index contributed by atoms with van der Waals surface area (Å²) < 4.78 is 5.71. The van der Waals surface area contributed by atoms with Gasteiger partial charge in [-0.15, -0.1) is 0 Å². The Morgan fingerprint density at radius 3 is 2.43 bits per heavy atom. The molecule has 1 fully saturated rings. The van der Waals surface area contributed by atoms with E-state index < -0.39 is 5.97 Å². The molecule has 1 aliphatic carbocycles. The van der Waals surface area contributed by atoms with Crippen LogP contribution in [-0.4, -0.2) is 47.7 Å². The predicted molar refractivity (Wildman–Crippen MR) is 87.8 cm³/mol. The average molecular weight is 319 g/mol. The molecule has 0 bridgehead atoms. The maximum absolute atomic E-state index is 12.8. The highest BCUT2D eigenvalue weighted by Crippen LogP contribution is 2.45. The maximum atomic E-state index is 12.8. The first-order chi connectivity index (χ1) is 10.7. The predicted octanol–water partition coefficient (Wildman–Crippen LogP) is 2.97. The molecule has 0 aromatic heterocycles. The van der Waals surface area contributed by atoms with E-state index in [1.165, 1.54) is 6.07 Å². The van der Waals surface area contributed by atoms with Gasteiger partial charge in [-0.3, -0.25) is 4.79 Å². The van der Waals surface area contributed by atoms with Gasteiger partial charge in [-0.1, -0.05) is 13.8 Å². The number of nitrogens with zero attached hydrogens (tertiary/aromatic N) is 1. The lowest BCUT2D eigenvalue weighted by molar-refractivity contribution is -0.136. The van der Waals surface area contributed by atoms with E-state index in [-0.39, 0.29) is 29.0 Å². The number of benzene rings is 1. The highest BCUT2D eigenvalue weighted by molar-refractivity contribution is 5.98. The summed E-state index contributed by atoms with van der Waals surface area (Å²) in [5, 5.41) is 9.16. The molecule has 126 valence electrons. The second kappa shape index (κ2) is 6.32. The second-order valence-corrected chi connectivity index (χ2v) is 6.83. The number of hydrogen-bond donors (Lipinski definition) is 1. The first-order valence-electron chi connectivity index (χ1n) is 7.92. The van der Waals surface area contributed by atoms with Crippen LogP contribution in [0.4, 0.5) is 0 Å². The fourth-order valence-corrected chi connectivity index (χ4v) is 3.38. The molecule has 1 amide bonds. The molecule has 0 spiro atoms. The first-order valence-corrected chi connectivity index (χ1v) is 7.92. The van der Waals surface area contributed by atoms with Crippen LogP contribution in [-0.2, 0) is 4.74 Å². The highest BCUT2D eigenvalue weighted by Gasteiger charge is 2.51. The quantitative estimate of drug-likeness (QED) is 0.906. The molecular formula is C18H25NO4. The van der Waals surface area contributed by atoms with E-state index >= 15 is 0 Å². The number of ether oxygens (including phenoxy) is 1. The fourth-order valence-electron chi connectivity index (χ4n) is 3.38. The SMILES string of the molecule is CCOC1CC(N(C)C(=O)c2cc(C)cc(C(=O)O)c2)C1(C)C. The molecule has 23 heavy (non-hydrogen) atoms. The van der Waals surface area contributed by atoms with Gasteiger partial charge in [-0.05, 0) is 44.0 Å². The minimum Gasteiger partial charge on any atom is -0.478 e. The summed E-state index contributed by atoms with van der Waals surface area (Å²) in [5.74, 6) is -1.17. The van der Waals surface area contributed by atoms with Crippen LogP contribution >= 0.6 is 0 Å². The van der Waals surface area contributed by atoms with Crippen molar-refractivity contribution in [1.82, 2.24) is 4.90 Å². The molecule has 2 atom stereocenters. The van der Waals surface area contributed by atoms with Gasteiger partial charge in [-0.25, -0.2) is 4.79 Å². The van der Waals surface area contributed by atoms with Gasteiger partial charge in [-0.2, -0.15) is 0 Å². The standard InChI is InChI=1S/C18H25NO4/c1-6-23-15-10-14(18(15,3)4)19(5)16(20)12-7-11(2)8-13(9-12)17(21)22/h7-9,14-15H,6,10H2,1-5H3,(H,21,22). The van der Waals surface area contributed by atoms with Gasteiger partial charge in [0.05, 0.1) is 11.7 Å². The largest absolute Gasteiger partial charge is 0.478 e. The summed E-state index contributed by atoms with van der Waals surface area (Å²) in [6.45, 7) is 8.63. The summed E-state index contributed by atoms with van der Waals surface area (Å²) in [4.78, 5) is 25.6. The third kappa shape index (κ3) is 3.24. The highest BCUT2D eigenvalue weighted by atomic mass is 16.5. The van der Waals surface area contributed by atoms with Crippen LogP contribution in [0.1, 0.15) is 53.5 Å². The number of aromatic carboxylic acids is 1. The van der Waals surface area contributed by atoms with Crippen LogP contribution in [0.2, 0.25) is 0 Å². The minimum absolute atomic E-state index is 0.0836. The molecule has 0 radical (unpaired) electrons. The molecule has 2 rings (SSSR count). The molecule has 1 aromatic rings. The van der Waals surface area contributed by atoms with Gasteiger partial charge < -0.3 is 14.7 Å². The number of amides is 1. The summed E-state index contributed by atoms with van der Waals surface area (Å²) >= 11 is 0. The monoisotopic (exact) mass is 319 g/mol. The van der Waals surface area contributed by atoms with Crippen molar-refractivity contribution in [3.63, 3.8) is 0 Å². The van der Waals surface area contributed by atoms with Crippen LogP contribution < -0.4 is 0 Å². The third-order valence-corrected chi connectivity index (χ3v) is 4.85. The maximum Gasteiger partial charge on any atom is 0.335 e. The normalized spacial score (nSPS) is 22.3. The van der Waals surface area contributed by atoms with Gasteiger partial charge in [0.1, 0.15) is 0 Å². The van der Waals surface area contributed by atoms with E-state index in [1.54, 1.807) is 31.0 Å². The zero-order chi connectivity index (χ0) is 17.4. The Balaban J connectivity index is 2.20. The molecule has 0 heterocycles. The van der Waals surface area contributed by atoms with Gasteiger partial charge in [0.25, 0.3) is 5.91 Å². The van der Waals surface area contributed by atoms with Crippen molar-refractivity contribution in [2.45, 2.75) is 46.3 Å². The summed E-state index contributed by atoms with van der Waals surface area (Å²) in [6.07, 6.45) is 0.959. The molecule has 0 aliphatic heterocycles. The summed E-state index contributed by atoms with van der Waals surface area (Å²) in [6, 6.07) is 4.83. The lowest BCUT2D eigenvalue weighted by atomic mass is 9.63. The molecule has 1 aliphatic rings. The number of carboxylic acids is 1. The topological polar surface area (TPSA) is 66.8 Å². The number of carbonyl (C=O) groups is 2. The Labute approximate surface area is 137 Å². The Hall–Kier alpha value is -1.88. The van der Waals surface area contributed by atoms with Gasteiger partial charge in [0.15, 0.2) is 0 Å². The Kier molecular flexibility index (Phi) is 4.80. The van der Waals surface area contributed by atoms with Crippen molar-refractivity contribution in [1.29, 1.82) is 0 Å². The smallest absolute Gasteiger partial charge is 0.335 e. The van der Waals surface area contributed by atoms with Crippen LogP contribution in [0.15, 0.2) is 18.2 Å². The Morgan fingerprint density at radius 2 is 1.91 bits per heavy atom. The lowest BCUT2D eigenvalue weighted by Gasteiger charge is -2.54. The van der Waals surface area contributed by atoms with E-state index in [0.29, 0.717) is 12.2 Å². The summed E-state index contributed by atoms with van der Waals surface area (Å²) in [5.41, 5.74) is 1.21. The molecular weight excluding hydrogens is 294 g/mol. The number of rotatable bonds is 5. The van der Waals surface area contributed by atoms with Crippen molar-refractivity contribution in [3.05, 3.63) is 34.9 Å². The van der Waals surface area contributed by atoms with Gasteiger partial charge in [0.2, 0.25) is 0 Å². The van der Waals surface area contributed by atoms with Crippen molar-refractivity contribution < 1.29 is 19.4 Å². The molecule has 1 saturated carbocycles. The van der Waals surface area contributed by atoms with E-state index in [1.807, 2.05) is 6.92 Å². The zero-order valence-electron chi connectivity index (χ0n) is 14.4. The van der Waals surface area contributed by atoms with Crippen molar-refractivity contribution in [2.24, 2.45) is 5.41 Å². The number of aryl methyl sites for hydroxylation is 1. The molecule has 2 unspecified atom stereocenters. The van der Waals surface area contributed by atoms with Crippen LogP contribution in [0.25, 0.3) is 0 Å². The Morgan fingerprint density at radius 1 is 1.30 bits per heavy atom. The molecule has 1 N–H and O–H groups in total. The second-order valence-electron chi connectivity index (χ2n) is 6.83. The van der Waals surface area contributed by atoms with E-state index in [0.717, 1.165) is 12.0 Å². The van der Waals surface area contributed by atoms with E-state index in [2.05, 4.69) is 13.8 Å². The van der Waals surface area contributed by atoms with Gasteiger partial charge >= 0.3 is 5.97 Å². The molecule has 0 saturated heterocycles. The third-order valence-electron chi connectivity index (χ3n) is 4.85. The lowest BCUT2D eigenvalue weighted by Crippen LogP contribution is -2.62. The van der Waals surface area contributed by atoms with Gasteiger partial charge in [0, 0.05) is 30.7 Å². The molecule has 1 aromatic carbocycles. The molecule has 5 nitrogen and oxygen atoms in total. The van der Waals surface area contributed by atoms with E-state index in [9.17, 15) is 9.59 Å². The number of carbonyl (C=O) groups excluding carboxylic acids is 1. The van der Waals surface area contributed by atoms with Crippen LogP contribution in [0.3, 0.4) is 0 Å². The van der Waals surface area contributed by atoms with Crippen LogP contribution in [0, 0.1) is 12.3 Å². The van der Waals surface area contributed by atoms with E-state index in [4.69, 9.17) is 9.84 Å². The first kappa shape index (κ1) is 17.5.